The van der Waals surface area contributed by atoms with Gasteiger partial charge in [0.2, 0.25) is 11.7 Å². The predicted molar refractivity (Wildman–Crippen MR) is 162 cm³/mol. The maximum absolute atomic E-state index is 14.2. The zero-order valence-corrected chi connectivity index (χ0v) is 24.9. The van der Waals surface area contributed by atoms with Crippen molar-refractivity contribution in [2.75, 3.05) is 4.90 Å². The van der Waals surface area contributed by atoms with Gasteiger partial charge in [0, 0.05) is 16.6 Å². The van der Waals surface area contributed by atoms with E-state index >= 15 is 0 Å². The minimum absolute atomic E-state index is 0.121. The van der Waals surface area contributed by atoms with Gasteiger partial charge in [0.1, 0.15) is 18.3 Å². The smallest absolute Gasteiger partial charge is 0.251 e. The van der Waals surface area contributed by atoms with E-state index in [1.165, 1.54) is 60.2 Å². The molecule has 6 rings (SSSR count). The van der Waals surface area contributed by atoms with Gasteiger partial charge in [0.05, 0.1) is 0 Å². The molecule has 3 heterocycles. The molecule has 4 aromatic rings. The number of rotatable bonds is 9. The van der Waals surface area contributed by atoms with Crippen LogP contribution < -0.4 is 10.2 Å². The lowest BCUT2D eigenvalue weighted by atomic mass is 9.84. The number of amides is 2. The standard InChI is InChI=1S/C32H38N6O3S/c1-22-14-19-27(41-22)31-34-36-37(35-31)21-29(39)38(26-17-15-24(16-18-26)23-9-4-2-5-10-23)30(28-13-8-20-42-28)32(40)33-25-11-6-3-7-12-25/h8,13-20,23,25,30H,2-7,9-12,21H2,1H3,(H,33,40). The first-order chi connectivity index (χ1) is 20.5. The van der Waals surface area contributed by atoms with E-state index in [-0.39, 0.29) is 24.4 Å². The Labute approximate surface area is 250 Å². The van der Waals surface area contributed by atoms with Crippen LogP contribution in [-0.2, 0) is 16.1 Å². The minimum atomic E-state index is -0.810. The lowest BCUT2D eigenvalue weighted by molar-refractivity contribution is -0.127. The minimum Gasteiger partial charge on any atom is -0.458 e. The predicted octanol–water partition coefficient (Wildman–Crippen LogP) is 6.57. The summed E-state index contributed by atoms with van der Waals surface area (Å²) in [7, 11) is 0. The van der Waals surface area contributed by atoms with Gasteiger partial charge in [0.15, 0.2) is 5.76 Å². The molecule has 42 heavy (non-hydrogen) atoms. The summed E-state index contributed by atoms with van der Waals surface area (Å²) in [6, 6.07) is 15.0. The summed E-state index contributed by atoms with van der Waals surface area (Å²) >= 11 is 1.48. The van der Waals surface area contributed by atoms with Crippen LogP contribution in [0.15, 0.2) is 58.3 Å². The molecule has 0 saturated heterocycles. The van der Waals surface area contributed by atoms with Crippen LogP contribution in [0, 0.1) is 6.92 Å². The van der Waals surface area contributed by atoms with Crippen molar-refractivity contribution in [3.05, 3.63) is 70.1 Å². The molecule has 2 fully saturated rings. The Balaban J connectivity index is 1.32. The fourth-order valence-corrected chi connectivity index (χ4v) is 7.10. The van der Waals surface area contributed by atoms with Gasteiger partial charge in [-0.15, -0.1) is 21.5 Å². The second kappa shape index (κ2) is 13.0. The number of carbonyl (C=O) groups is 2. The first kappa shape index (κ1) is 28.3. The van der Waals surface area contributed by atoms with E-state index in [2.05, 4.69) is 32.9 Å². The molecule has 2 amide bonds. The quantitative estimate of drug-likeness (QED) is 0.238. The van der Waals surface area contributed by atoms with Gasteiger partial charge in [0.25, 0.3) is 5.91 Å². The van der Waals surface area contributed by atoms with Gasteiger partial charge in [-0.3, -0.25) is 14.5 Å². The van der Waals surface area contributed by atoms with Crippen LogP contribution in [0.2, 0.25) is 0 Å². The van der Waals surface area contributed by atoms with Crippen LogP contribution in [0.1, 0.15) is 92.4 Å². The number of carbonyl (C=O) groups excluding carboxylic acids is 2. The number of furan rings is 1. The normalized spacial score (nSPS) is 17.2. The Kier molecular flexibility index (Phi) is 8.79. The Bertz CT molecular complexity index is 1470. The molecule has 2 saturated carbocycles. The van der Waals surface area contributed by atoms with Crippen LogP contribution >= 0.6 is 11.3 Å². The molecule has 9 nitrogen and oxygen atoms in total. The van der Waals surface area contributed by atoms with Crippen molar-refractivity contribution < 1.29 is 14.0 Å². The van der Waals surface area contributed by atoms with Gasteiger partial charge < -0.3 is 9.73 Å². The Morgan fingerprint density at radius 3 is 2.40 bits per heavy atom. The molecule has 1 aromatic carbocycles. The molecular formula is C32H38N6O3S. The van der Waals surface area contributed by atoms with Crippen LogP contribution in [-0.4, -0.2) is 38.1 Å². The van der Waals surface area contributed by atoms with Crippen LogP contribution in [0.5, 0.6) is 0 Å². The molecule has 2 aliphatic rings. The fraction of sp³-hybridized carbons (Fsp3) is 0.469. The lowest BCUT2D eigenvalue weighted by Crippen LogP contribution is -2.48. The van der Waals surface area contributed by atoms with E-state index in [0.717, 1.165) is 36.3 Å². The number of hydrogen-bond acceptors (Lipinski definition) is 7. The van der Waals surface area contributed by atoms with E-state index in [1.807, 2.05) is 42.6 Å². The number of nitrogens with one attached hydrogen (secondary N) is 1. The number of anilines is 1. The maximum atomic E-state index is 14.2. The van der Waals surface area contributed by atoms with E-state index in [1.54, 1.807) is 11.0 Å². The zero-order chi connectivity index (χ0) is 28.9. The molecule has 0 spiro atoms. The van der Waals surface area contributed by atoms with E-state index in [9.17, 15) is 9.59 Å². The Morgan fingerprint density at radius 1 is 1.00 bits per heavy atom. The monoisotopic (exact) mass is 586 g/mol. The SMILES string of the molecule is Cc1ccc(-c2nnn(CC(=O)N(c3ccc(C4CCCCC4)cc3)C(C(=O)NC3CCCCC3)c3cccs3)n2)o1. The number of aromatic nitrogens is 4. The highest BCUT2D eigenvalue weighted by Gasteiger charge is 2.35. The average Bonchev–Trinajstić information content (AvgIpc) is 3.80. The Morgan fingerprint density at radius 2 is 1.74 bits per heavy atom. The van der Waals surface area contributed by atoms with E-state index < -0.39 is 6.04 Å². The zero-order valence-electron chi connectivity index (χ0n) is 24.1. The first-order valence-electron chi connectivity index (χ1n) is 15.2. The molecule has 3 aromatic heterocycles. The lowest BCUT2D eigenvalue weighted by Gasteiger charge is -2.33. The number of hydrogen-bond donors (Lipinski definition) is 1. The average molecular weight is 587 g/mol. The Hall–Kier alpha value is -3.79. The summed E-state index contributed by atoms with van der Waals surface area (Å²) < 4.78 is 5.63. The third-order valence-corrected chi connectivity index (χ3v) is 9.40. The maximum Gasteiger partial charge on any atom is 0.251 e. The summed E-state index contributed by atoms with van der Waals surface area (Å²) in [6.45, 7) is 1.67. The summed E-state index contributed by atoms with van der Waals surface area (Å²) in [5, 5.41) is 17.8. The molecule has 2 aliphatic carbocycles. The number of benzene rings is 1. The fourth-order valence-electron chi connectivity index (χ4n) is 6.29. The molecule has 1 unspecified atom stereocenters. The second-order valence-corrected chi connectivity index (χ2v) is 12.5. The molecule has 0 aliphatic heterocycles. The van der Waals surface area contributed by atoms with Crippen LogP contribution in [0.3, 0.4) is 0 Å². The summed E-state index contributed by atoms with van der Waals surface area (Å²) in [5.74, 6) is 1.63. The van der Waals surface area contributed by atoms with Crippen molar-refractivity contribution >= 4 is 28.8 Å². The summed E-state index contributed by atoms with van der Waals surface area (Å²) in [6.07, 6.45) is 11.5. The molecule has 0 radical (unpaired) electrons. The van der Waals surface area contributed by atoms with Gasteiger partial charge in [-0.25, -0.2) is 0 Å². The molecule has 1 atom stereocenters. The number of aryl methyl sites for hydroxylation is 1. The number of tetrazole rings is 1. The molecule has 1 N–H and O–H groups in total. The number of nitrogens with zero attached hydrogens (tertiary/aromatic N) is 5. The summed E-state index contributed by atoms with van der Waals surface area (Å²) in [4.78, 5) is 31.9. The van der Waals surface area contributed by atoms with Crippen molar-refractivity contribution in [1.29, 1.82) is 0 Å². The van der Waals surface area contributed by atoms with Crippen LogP contribution in [0.4, 0.5) is 5.69 Å². The van der Waals surface area contributed by atoms with Crippen molar-refractivity contribution in [3.8, 4) is 11.6 Å². The summed E-state index contributed by atoms with van der Waals surface area (Å²) in [5.41, 5.74) is 1.97. The van der Waals surface area contributed by atoms with Crippen molar-refractivity contribution in [2.45, 2.75) is 95.7 Å². The second-order valence-electron chi connectivity index (χ2n) is 11.5. The van der Waals surface area contributed by atoms with Gasteiger partial charge >= 0.3 is 0 Å². The highest BCUT2D eigenvalue weighted by atomic mass is 32.1. The first-order valence-corrected chi connectivity index (χ1v) is 16.0. The molecular weight excluding hydrogens is 548 g/mol. The van der Waals surface area contributed by atoms with Gasteiger partial charge in [-0.2, -0.15) is 4.80 Å². The topological polar surface area (TPSA) is 106 Å². The highest BCUT2D eigenvalue weighted by molar-refractivity contribution is 7.10. The molecule has 220 valence electrons. The molecule has 0 bridgehead atoms. The third-order valence-electron chi connectivity index (χ3n) is 8.48. The van der Waals surface area contributed by atoms with Gasteiger partial charge in [-0.1, -0.05) is 56.7 Å². The molecule has 10 heteroatoms. The third kappa shape index (κ3) is 6.48. The largest absolute Gasteiger partial charge is 0.458 e. The number of thiophene rings is 1. The van der Waals surface area contributed by atoms with Crippen molar-refractivity contribution in [2.24, 2.45) is 0 Å². The highest BCUT2D eigenvalue weighted by Crippen LogP contribution is 2.36. The van der Waals surface area contributed by atoms with Crippen molar-refractivity contribution in [1.82, 2.24) is 25.5 Å². The van der Waals surface area contributed by atoms with Crippen LogP contribution in [0.25, 0.3) is 11.6 Å². The van der Waals surface area contributed by atoms with E-state index in [4.69, 9.17) is 4.42 Å². The van der Waals surface area contributed by atoms with Crippen molar-refractivity contribution in [3.63, 3.8) is 0 Å². The van der Waals surface area contributed by atoms with E-state index in [0.29, 0.717) is 23.2 Å². The van der Waals surface area contributed by atoms with Gasteiger partial charge in [-0.05, 0) is 85.0 Å².